The summed E-state index contributed by atoms with van der Waals surface area (Å²) >= 11 is 0. The molecule has 0 aliphatic rings. The number of hydrogen-bond donors (Lipinski definition) is 4. The molecule has 0 aromatic heterocycles. The number of hydrogen-bond acceptors (Lipinski definition) is 4. The van der Waals surface area contributed by atoms with Crippen molar-refractivity contribution in [2.75, 3.05) is 0 Å². The Morgan fingerprint density at radius 1 is 1.38 bits per heavy atom. The van der Waals surface area contributed by atoms with Gasteiger partial charge in [-0.2, -0.15) is 0 Å². The first-order chi connectivity index (χ1) is 3.18. The van der Waals surface area contributed by atoms with Crippen molar-refractivity contribution in [2.24, 2.45) is 28.4 Å². The highest BCUT2D eigenvalue weighted by Crippen LogP contribution is 1.55. The van der Waals surface area contributed by atoms with Crippen molar-refractivity contribution in [1.82, 2.24) is 5.12 Å². The molecule has 8 N–H and O–H groups in total. The van der Waals surface area contributed by atoms with Crippen molar-refractivity contribution in [3.63, 3.8) is 0 Å². The fourth-order valence-electron chi connectivity index (χ4n) is 0.0667. The Hall–Kier alpha value is -0.530. The van der Waals surface area contributed by atoms with E-state index in [1.54, 1.807) is 0 Å². The smallest absolute Gasteiger partial charge is 0.242 e. The molecule has 0 heterocycles. The molecule has 0 saturated heterocycles. The third kappa shape index (κ3) is 3.65. The highest BCUT2D eigenvalue weighted by molar-refractivity contribution is 8.93. The summed E-state index contributed by atoms with van der Waals surface area (Å²) in [6.45, 7) is 0. The van der Waals surface area contributed by atoms with Crippen molar-refractivity contribution in [3.8, 4) is 0 Å². The number of rotatable bonds is 0. The summed E-state index contributed by atoms with van der Waals surface area (Å²) in [7, 11) is 0. The molecule has 0 atom stereocenters. The number of nitrogens with zero attached hydrogens (tertiary/aromatic N) is 2. The molecule has 0 saturated carbocycles. The highest BCUT2D eigenvalue weighted by Gasteiger charge is 1.88. The molecule has 0 spiro atoms. The van der Waals surface area contributed by atoms with Crippen LogP contribution in [0.15, 0.2) is 5.10 Å². The second-order valence-corrected chi connectivity index (χ2v) is 0.895. The minimum absolute atomic E-state index is 0. The van der Waals surface area contributed by atoms with Gasteiger partial charge in [-0.25, -0.2) is 16.8 Å². The zero-order valence-electron chi connectivity index (χ0n) is 4.11. The van der Waals surface area contributed by atoms with Gasteiger partial charge in [-0.1, -0.05) is 0 Å². The van der Waals surface area contributed by atoms with Crippen LogP contribution in [0.25, 0.3) is 0 Å². The first kappa shape index (κ1) is 10.5. The highest BCUT2D eigenvalue weighted by atomic mass is 79.9. The van der Waals surface area contributed by atoms with Gasteiger partial charge in [0.15, 0.2) is 0 Å². The maximum atomic E-state index is 4.92. The maximum absolute atomic E-state index is 4.92. The van der Waals surface area contributed by atoms with Gasteiger partial charge in [-0.05, 0) is 0 Å². The third-order valence-electron chi connectivity index (χ3n) is 0.397. The predicted octanol–water partition coefficient (Wildman–Crippen LogP) is -2.20. The van der Waals surface area contributed by atoms with Gasteiger partial charge in [-0.15, -0.1) is 22.1 Å². The van der Waals surface area contributed by atoms with Gasteiger partial charge in [-0.3, -0.25) is 0 Å². The molecule has 0 rings (SSSR count). The number of hydrazone groups is 1. The molecule has 6 nitrogen and oxygen atoms in total. The average Bonchev–Trinajstić information content (AvgIpc) is 1.65. The fourth-order valence-corrected chi connectivity index (χ4v) is 0.0667. The molecule has 0 aliphatic heterocycles. The minimum Gasteiger partial charge on any atom is -0.366 e. The van der Waals surface area contributed by atoms with Crippen LogP contribution in [0, 0.1) is 0 Å². The Morgan fingerprint density at radius 2 is 1.75 bits per heavy atom. The van der Waals surface area contributed by atoms with Crippen LogP contribution in [0.2, 0.25) is 0 Å². The first-order valence-corrected chi connectivity index (χ1v) is 1.51. The third-order valence-corrected chi connectivity index (χ3v) is 0.397. The van der Waals surface area contributed by atoms with E-state index in [4.69, 9.17) is 17.4 Å². The Kier molecular flexibility index (Phi) is 6.04. The summed E-state index contributed by atoms with van der Waals surface area (Å²) in [6.07, 6.45) is 0. The van der Waals surface area contributed by atoms with Crippen LogP contribution in [-0.2, 0) is 0 Å². The van der Waals surface area contributed by atoms with Gasteiger partial charge in [0.25, 0.3) is 0 Å². The number of nitrogens with two attached hydrogens (primary N) is 4. The molecule has 0 fully saturated rings. The van der Waals surface area contributed by atoms with E-state index in [1.165, 1.54) is 0 Å². The van der Waals surface area contributed by atoms with Crippen LogP contribution in [-0.4, -0.2) is 11.1 Å². The number of guanidine groups is 1. The minimum atomic E-state index is -0.111. The fraction of sp³-hybridized carbons (Fsp3) is 0. The van der Waals surface area contributed by atoms with E-state index in [9.17, 15) is 0 Å². The molecule has 50 valence electrons. The Labute approximate surface area is 57.2 Å². The van der Waals surface area contributed by atoms with E-state index in [1.807, 2.05) is 0 Å². The van der Waals surface area contributed by atoms with Gasteiger partial charge >= 0.3 is 0 Å². The molecule has 0 aromatic rings. The summed E-state index contributed by atoms with van der Waals surface area (Å²) in [6, 6.07) is 0. The van der Waals surface area contributed by atoms with E-state index in [2.05, 4.69) is 10.9 Å². The van der Waals surface area contributed by atoms with Crippen LogP contribution < -0.4 is 23.3 Å². The molecule has 8 heavy (non-hydrogen) atoms. The van der Waals surface area contributed by atoms with Crippen LogP contribution in [0.3, 0.4) is 0 Å². The Bertz CT molecular complexity index is 76.6. The topological polar surface area (TPSA) is 120 Å². The summed E-state index contributed by atoms with van der Waals surface area (Å²) in [5.41, 5.74) is 4.92. The van der Waals surface area contributed by atoms with Crippen molar-refractivity contribution < 1.29 is 0 Å². The number of hydrazine groups is 2. The first-order valence-electron chi connectivity index (χ1n) is 1.51. The van der Waals surface area contributed by atoms with Crippen molar-refractivity contribution >= 4 is 22.9 Å². The summed E-state index contributed by atoms with van der Waals surface area (Å²) < 4.78 is 0. The zero-order chi connectivity index (χ0) is 5.86. The predicted molar refractivity (Wildman–Crippen MR) is 36.3 cm³/mol. The van der Waals surface area contributed by atoms with E-state index >= 15 is 0 Å². The van der Waals surface area contributed by atoms with Crippen LogP contribution >= 0.6 is 17.0 Å². The largest absolute Gasteiger partial charge is 0.366 e. The van der Waals surface area contributed by atoms with Gasteiger partial charge < -0.3 is 11.6 Å². The molecule has 0 amide bonds. The van der Waals surface area contributed by atoms with Gasteiger partial charge in [0.1, 0.15) is 0 Å². The molecule has 0 bridgehead atoms. The molecular weight excluding hydrogens is 176 g/mol. The Morgan fingerprint density at radius 3 is 1.75 bits per heavy atom. The quantitative estimate of drug-likeness (QED) is 0.148. The van der Waals surface area contributed by atoms with E-state index in [0.717, 1.165) is 0 Å². The molecule has 0 aromatic carbocycles. The molecule has 0 unspecified atom stereocenters. The summed E-state index contributed by atoms with van der Waals surface area (Å²) in [4.78, 5) is 0. The lowest BCUT2D eigenvalue weighted by molar-refractivity contribution is 0.457. The second-order valence-electron chi connectivity index (χ2n) is 0.895. The lowest BCUT2D eigenvalue weighted by atomic mass is 11.0. The average molecular weight is 185 g/mol. The van der Waals surface area contributed by atoms with E-state index < -0.39 is 0 Å². The summed E-state index contributed by atoms with van der Waals surface area (Å²) in [5.74, 6) is 14.2. The maximum Gasteiger partial charge on any atom is 0.242 e. The van der Waals surface area contributed by atoms with Crippen molar-refractivity contribution in [2.45, 2.75) is 0 Å². The SMILES string of the molecule is Br.NN=C(N)N(N)N. The second kappa shape index (κ2) is 4.62. The Balaban J connectivity index is 0. The van der Waals surface area contributed by atoms with E-state index in [0.29, 0.717) is 5.12 Å². The van der Waals surface area contributed by atoms with Crippen LogP contribution in [0.1, 0.15) is 0 Å². The monoisotopic (exact) mass is 184 g/mol. The van der Waals surface area contributed by atoms with Crippen molar-refractivity contribution in [3.05, 3.63) is 0 Å². The lowest BCUT2D eigenvalue weighted by Crippen LogP contribution is -2.48. The normalized spacial score (nSPS) is 10.0. The molecule has 0 aliphatic carbocycles. The van der Waals surface area contributed by atoms with Gasteiger partial charge in [0, 0.05) is 0 Å². The van der Waals surface area contributed by atoms with E-state index in [-0.39, 0.29) is 22.9 Å². The standard InChI is InChI=1S/CH8N6.BrH/c2-1(6-3)7(4)5;/h3-5H2,(H2,2,6);1H. The van der Waals surface area contributed by atoms with Gasteiger partial charge in [0.05, 0.1) is 0 Å². The zero-order valence-corrected chi connectivity index (χ0v) is 5.83. The molecule has 7 heteroatoms. The van der Waals surface area contributed by atoms with Gasteiger partial charge in [0.2, 0.25) is 5.96 Å². The molecule has 0 radical (unpaired) electrons. The number of halogens is 1. The lowest BCUT2D eigenvalue weighted by Gasteiger charge is -2.06. The molecular formula is CH9BrN6. The van der Waals surface area contributed by atoms with Crippen LogP contribution in [0.4, 0.5) is 0 Å². The van der Waals surface area contributed by atoms with Crippen molar-refractivity contribution in [1.29, 1.82) is 0 Å². The van der Waals surface area contributed by atoms with Crippen LogP contribution in [0.5, 0.6) is 0 Å². The summed E-state index contributed by atoms with van der Waals surface area (Å²) in [5, 5.41) is 3.58.